The van der Waals surface area contributed by atoms with Gasteiger partial charge in [0.05, 0.1) is 5.02 Å². The molecule has 2 aromatic rings. The van der Waals surface area contributed by atoms with Crippen LogP contribution in [0, 0.1) is 0 Å². The number of sulfonamides is 1. The summed E-state index contributed by atoms with van der Waals surface area (Å²) in [5.41, 5.74) is 1.16. The van der Waals surface area contributed by atoms with Crippen LogP contribution < -0.4 is 0 Å². The first-order chi connectivity index (χ1) is 11.7. The number of likely N-dealkylation sites (N-methyl/N-ethyl adjacent to an activating group) is 1. The number of benzene rings is 1. The van der Waals surface area contributed by atoms with E-state index in [0.717, 1.165) is 10.00 Å². The summed E-state index contributed by atoms with van der Waals surface area (Å²) in [7, 11) is 0.774. The minimum Gasteiger partial charge on any atom is -0.341 e. The molecule has 0 atom stereocenters. The maximum absolute atomic E-state index is 12.6. The number of carbonyl (C=O) groups excluding carboxylic acids is 1. The molecule has 2 rings (SSSR count). The third kappa shape index (κ3) is 4.56. The van der Waals surface area contributed by atoms with Crippen molar-refractivity contribution in [1.82, 2.24) is 14.2 Å². The second-order valence-electron chi connectivity index (χ2n) is 5.73. The van der Waals surface area contributed by atoms with E-state index in [-0.39, 0.29) is 21.4 Å². The summed E-state index contributed by atoms with van der Waals surface area (Å²) < 4.78 is 25.7. The molecule has 0 aliphatic rings. The van der Waals surface area contributed by atoms with Crippen LogP contribution in [0.25, 0.3) is 0 Å². The lowest BCUT2D eigenvalue weighted by Gasteiger charge is -2.18. The quantitative estimate of drug-likeness (QED) is 0.769. The summed E-state index contributed by atoms with van der Waals surface area (Å²) in [4.78, 5) is 18.3. The Morgan fingerprint density at radius 1 is 1.16 bits per heavy atom. The SMILES string of the molecule is CN(CCc1ccccn1)C(=O)c1ccc(Cl)c(S(=O)(=O)N(C)C)c1. The van der Waals surface area contributed by atoms with Gasteiger partial charge in [0, 0.05) is 51.6 Å². The van der Waals surface area contributed by atoms with E-state index < -0.39 is 10.0 Å². The van der Waals surface area contributed by atoms with Crippen molar-refractivity contribution in [1.29, 1.82) is 0 Å². The van der Waals surface area contributed by atoms with Crippen LogP contribution in [0.3, 0.4) is 0 Å². The van der Waals surface area contributed by atoms with Crippen molar-refractivity contribution < 1.29 is 13.2 Å². The predicted octanol–water partition coefficient (Wildman–Crippen LogP) is 2.30. The summed E-state index contributed by atoms with van der Waals surface area (Å²) in [6.45, 7) is 0.467. The summed E-state index contributed by atoms with van der Waals surface area (Å²) in [6.07, 6.45) is 2.31. The zero-order valence-electron chi connectivity index (χ0n) is 14.3. The lowest BCUT2D eigenvalue weighted by Crippen LogP contribution is -2.29. The van der Waals surface area contributed by atoms with E-state index in [4.69, 9.17) is 11.6 Å². The van der Waals surface area contributed by atoms with Crippen molar-refractivity contribution in [3.63, 3.8) is 0 Å². The molecule has 0 saturated carbocycles. The standard InChI is InChI=1S/C17H20ClN3O3S/c1-20(2)25(23,24)16-12-13(7-8-15(16)18)17(22)21(3)11-9-14-6-4-5-10-19-14/h4-8,10,12H,9,11H2,1-3H3. The Morgan fingerprint density at radius 3 is 2.48 bits per heavy atom. The number of pyridine rings is 1. The maximum atomic E-state index is 12.6. The molecule has 1 aromatic carbocycles. The van der Waals surface area contributed by atoms with Gasteiger partial charge in [0.2, 0.25) is 10.0 Å². The van der Waals surface area contributed by atoms with Crippen molar-refractivity contribution in [2.45, 2.75) is 11.3 Å². The molecule has 0 unspecified atom stereocenters. The molecule has 0 aliphatic carbocycles. The van der Waals surface area contributed by atoms with E-state index in [9.17, 15) is 13.2 Å². The van der Waals surface area contributed by atoms with Crippen LogP contribution in [0.2, 0.25) is 5.02 Å². The predicted molar refractivity (Wildman–Crippen MR) is 97.2 cm³/mol. The summed E-state index contributed by atoms with van der Waals surface area (Å²) in [5, 5.41) is 0.0846. The number of nitrogens with zero attached hydrogens (tertiary/aromatic N) is 3. The average molecular weight is 382 g/mol. The second-order valence-corrected chi connectivity index (χ2v) is 8.26. The fraction of sp³-hybridized carbons (Fsp3) is 0.294. The van der Waals surface area contributed by atoms with E-state index in [0.29, 0.717) is 13.0 Å². The number of amides is 1. The Hall–Kier alpha value is -1.96. The van der Waals surface area contributed by atoms with Gasteiger partial charge in [-0.1, -0.05) is 17.7 Å². The fourth-order valence-electron chi connectivity index (χ4n) is 2.18. The van der Waals surface area contributed by atoms with Crippen molar-refractivity contribution in [2.75, 3.05) is 27.7 Å². The molecule has 0 saturated heterocycles. The van der Waals surface area contributed by atoms with Crippen LogP contribution in [0.4, 0.5) is 0 Å². The minimum atomic E-state index is -3.72. The van der Waals surface area contributed by atoms with E-state index in [1.807, 2.05) is 18.2 Å². The van der Waals surface area contributed by atoms with Crippen LogP contribution in [0.1, 0.15) is 16.1 Å². The second kappa shape index (κ2) is 7.95. The molecule has 0 N–H and O–H groups in total. The summed E-state index contributed by atoms with van der Waals surface area (Å²) in [5.74, 6) is -0.275. The van der Waals surface area contributed by atoms with Crippen LogP contribution in [-0.2, 0) is 16.4 Å². The fourth-order valence-corrected chi connectivity index (χ4v) is 3.57. The van der Waals surface area contributed by atoms with Gasteiger partial charge in [-0.3, -0.25) is 9.78 Å². The summed E-state index contributed by atoms with van der Waals surface area (Å²) >= 11 is 6.01. The van der Waals surface area contributed by atoms with E-state index in [1.165, 1.54) is 37.2 Å². The molecule has 6 nitrogen and oxygen atoms in total. The molecule has 0 aliphatic heterocycles. The molecule has 1 aromatic heterocycles. The number of rotatable bonds is 6. The van der Waals surface area contributed by atoms with Crippen molar-refractivity contribution in [2.24, 2.45) is 0 Å². The molecular weight excluding hydrogens is 362 g/mol. The number of hydrogen-bond acceptors (Lipinski definition) is 4. The van der Waals surface area contributed by atoms with Gasteiger partial charge in [-0.05, 0) is 30.3 Å². The van der Waals surface area contributed by atoms with Gasteiger partial charge < -0.3 is 4.90 Å². The lowest BCUT2D eigenvalue weighted by molar-refractivity contribution is 0.0796. The van der Waals surface area contributed by atoms with Crippen LogP contribution in [-0.4, -0.2) is 56.2 Å². The topological polar surface area (TPSA) is 70.6 Å². The zero-order valence-corrected chi connectivity index (χ0v) is 15.9. The van der Waals surface area contributed by atoms with Gasteiger partial charge in [-0.25, -0.2) is 12.7 Å². The van der Waals surface area contributed by atoms with Gasteiger partial charge in [0.25, 0.3) is 5.91 Å². The molecule has 0 bridgehead atoms. The number of halogens is 1. The molecule has 25 heavy (non-hydrogen) atoms. The minimum absolute atomic E-state index is 0.0804. The first-order valence-corrected chi connectivity index (χ1v) is 9.42. The number of carbonyl (C=O) groups is 1. The van der Waals surface area contributed by atoms with Gasteiger partial charge in [0.1, 0.15) is 4.90 Å². The molecule has 0 spiro atoms. The van der Waals surface area contributed by atoms with Gasteiger partial charge in [-0.15, -0.1) is 0 Å². The third-order valence-electron chi connectivity index (χ3n) is 3.71. The monoisotopic (exact) mass is 381 g/mol. The Kier molecular flexibility index (Phi) is 6.16. The Bertz CT molecular complexity index is 855. The maximum Gasteiger partial charge on any atom is 0.253 e. The summed E-state index contributed by atoms with van der Waals surface area (Å²) in [6, 6.07) is 9.88. The Labute approximate surface area is 153 Å². The average Bonchev–Trinajstić information content (AvgIpc) is 2.60. The highest BCUT2D eigenvalue weighted by Gasteiger charge is 2.23. The van der Waals surface area contributed by atoms with Crippen LogP contribution in [0.15, 0.2) is 47.5 Å². The molecule has 1 amide bonds. The third-order valence-corrected chi connectivity index (χ3v) is 6.01. The molecule has 134 valence electrons. The van der Waals surface area contributed by atoms with Gasteiger partial charge >= 0.3 is 0 Å². The molecule has 0 radical (unpaired) electrons. The number of hydrogen-bond donors (Lipinski definition) is 0. The highest BCUT2D eigenvalue weighted by Crippen LogP contribution is 2.25. The largest absolute Gasteiger partial charge is 0.341 e. The van der Waals surface area contributed by atoms with Crippen LogP contribution in [0.5, 0.6) is 0 Å². The molecule has 0 fully saturated rings. The van der Waals surface area contributed by atoms with Gasteiger partial charge in [-0.2, -0.15) is 0 Å². The van der Waals surface area contributed by atoms with E-state index in [1.54, 1.807) is 13.2 Å². The van der Waals surface area contributed by atoms with Crippen molar-refractivity contribution in [3.05, 3.63) is 58.9 Å². The highest BCUT2D eigenvalue weighted by atomic mass is 35.5. The Morgan fingerprint density at radius 2 is 1.88 bits per heavy atom. The molecular formula is C17H20ClN3O3S. The van der Waals surface area contributed by atoms with Crippen LogP contribution >= 0.6 is 11.6 Å². The molecule has 1 heterocycles. The molecule has 8 heteroatoms. The van der Waals surface area contributed by atoms with Gasteiger partial charge in [0.15, 0.2) is 0 Å². The van der Waals surface area contributed by atoms with E-state index in [2.05, 4.69) is 4.98 Å². The number of aromatic nitrogens is 1. The van der Waals surface area contributed by atoms with Crippen molar-refractivity contribution in [3.8, 4) is 0 Å². The first kappa shape index (κ1) is 19.4. The van der Waals surface area contributed by atoms with Crippen molar-refractivity contribution >= 4 is 27.5 Å². The lowest BCUT2D eigenvalue weighted by atomic mass is 10.2. The highest BCUT2D eigenvalue weighted by molar-refractivity contribution is 7.89. The van der Waals surface area contributed by atoms with E-state index >= 15 is 0 Å². The zero-order chi connectivity index (χ0) is 18.6. The Balaban J connectivity index is 2.19. The first-order valence-electron chi connectivity index (χ1n) is 7.61. The smallest absolute Gasteiger partial charge is 0.253 e. The normalized spacial score (nSPS) is 11.6.